The zero-order valence-corrected chi connectivity index (χ0v) is 19.6. The second-order valence-electron chi connectivity index (χ2n) is 8.66. The van der Waals surface area contributed by atoms with Crippen molar-refractivity contribution in [3.05, 3.63) is 94.0 Å². The lowest BCUT2D eigenvalue weighted by Gasteiger charge is -2.28. The van der Waals surface area contributed by atoms with Crippen LogP contribution in [0.5, 0.6) is 5.75 Å². The van der Waals surface area contributed by atoms with Crippen LogP contribution >= 0.6 is 23.2 Å². The van der Waals surface area contributed by atoms with E-state index in [1.54, 1.807) is 24.3 Å². The highest BCUT2D eigenvalue weighted by molar-refractivity contribution is 6.35. The number of hydrogen-bond donors (Lipinski definition) is 0. The summed E-state index contributed by atoms with van der Waals surface area (Å²) in [5.74, 6) is -1.30. The van der Waals surface area contributed by atoms with Crippen molar-refractivity contribution < 1.29 is 19.1 Å². The lowest BCUT2D eigenvalue weighted by Crippen LogP contribution is -2.31. The van der Waals surface area contributed by atoms with Gasteiger partial charge < -0.3 is 4.74 Å². The molecule has 0 bridgehead atoms. The number of rotatable bonds is 4. The number of hydrogen-bond acceptors (Lipinski definition) is 4. The van der Waals surface area contributed by atoms with Gasteiger partial charge in [0.25, 0.3) is 0 Å². The molecule has 0 N–H and O–H groups in total. The Kier molecular flexibility index (Phi) is 6.15. The summed E-state index contributed by atoms with van der Waals surface area (Å²) < 4.78 is 5.40. The molecule has 2 aliphatic rings. The van der Waals surface area contributed by atoms with E-state index in [2.05, 4.69) is 12.1 Å². The van der Waals surface area contributed by atoms with E-state index < -0.39 is 5.97 Å². The number of anilines is 1. The highest BCUT2D eigenvalue weighted by atomic mass is 35.5. The van der Waals surface area contributed by atoms with E-state index in [0.29, 0.717) is 23.6 Å². The fourth-order valence-electron chi connectivity index (χ4n) is 4.95. The number of imide groups is 1. The zero-order chi connectivity index (χ0) is 23.8. The summed E-state index contributed by atoms with van der Waals surface area (Å²) in [4.78, 5) is 40.5. The molecule has 1 aliphatic heterocycles. The van der Waals surface area contributed by atoms with Crippen molar-refractivity contribution in [2.45, 2.75) is 25.2 Å². The van der Waals surface area contributed by atoms with Gasteiger partial charge in [0.15, 0.2) is 0 Å². The van der Waals surface area contributed by atoms with E-state index in [0.717, 1.165) is 6.42 Å². The van der Waals surface area contributed by atoms with Crippen molar-refractivity contribution in [3.8, 4) is 5.75 Å². The number of nitrogens with zero attached hydrogens (tertiary/aromatic N) is 1. The van der Waals surface area contributed by atoms with Crippen molar-refractivity contribution >= 4 is 46.7 Å². The lowest BCUT2D eigenvalue weighted by atomic mass is 9.73. The molecule has 5 nitrogen and oxygen atoms in total. The van der Waals surface area contributed by atoms with Crippen molar-refractivity contribution in [2.24, 2.45) is 11.8 Å². The van der Waals surface area contributed by atoms with Crippen LogP contribution in [0, 0.1) is 11.8 Å². The van der Waals surface area contributed by atoms with Gasteiger partial charge >= 0.3 is 5.97 Å². The van der Waals surface area contributed by atoms with E-state index in [4.69, 9.17) is 27.9 Å². The molecule has 3 atom stereocenters. The van der Waals surface area contributed by atoms with Crippen LogP contribution in [0.3, 0.4) is 0 Å². The number of carbonyl (C=O) groups is 3. The summed E-state index contributed by atoms with van der Waals surface area (Å²) in [7, 11) is 0. The van der Waals surface area contributed by atoms with Gasteiger partial charge in [0.2, 0.25) is 11.8 Å². The molecule has 1 aliphatic carbocycles. The van der Waals surface area contributed by atoms with Gasteiger partial charge in [-0.25, -0.2) is 4.79 Å². The molecule has 2 amide bonds. The van der Waals surface area contributed by atoms with E-state index in [-0.39, 0.29) is 45.9 Å². The zero-order valence-electron chi connectivity index (χ0n) is 18.1. The van der Waals surface area contributed by atoms with E-state index in [9.17, 15) is 14.4 Å². The Hall–Kier alpha value is -3.15. The van der Waals surface area contributed by atoms with Gasteiger partial charge in [-0.3, -0.25) is 14.5 Å². The number of ether oxygens (including phenoxy) is 1. The van der Waals surface area contributed by atoms with Gasteiger partial charge in [0.1, 0.15) is 5.75 Å². The minimum absolute atomic E-state index is 0.174. The molecule has 172 valence electrons. The van der Waals surface area contributed by atoms with Gasteiger partial charge in [0, 0.05) is 5.02 Å². The molecule has 1 heterocycles. The smallest absolute Gasteiger partial charge is 0.343 e. The first kappa shape index (κ1) is 22.6. The molecule has 3 aromatic carbocycles. The third-order valence-corrected chi connectivity index (χ3v) is 7.16. The maximum atomic E-state index is 13.3. The minimum Gasteiger partial charge on any atom is -0.421 e. The summed E-state index contributed by atoms with van der Waals surface area (Å²) in [5.41, 5.74) is 1.78. The summed E-state index contributed by atoms with van der Waals surface area (Å²) in [6.45, 7) is 0. The Morgan fingerprint density at radius 1 is 0.853 bits per heavy atom. The molecule has 0 spiro atoms. The molecule has 7 heteroatoms. The van der Waals surface area contributed by atoms with Crippen molar-refractivity contribution in [2.75, 3.05) is 4.90 Å². The van der Waals surface area contributed by atoms with Crippen LogP contribution < -0.4 is 9.64 Å². The van der Waals surface area contributed by atoms with E-state index in [1.165, 1.54) is 28.7 Å². The third-order valence-electron chi connectivity index (χ3n) is 6.63. The Balaban J connectivity index is 1.36. The van der Waals surface area contributed by atoms with Crippen molar-refractivity contribution in [1.82, 2.24) is 0 Å². The fraction of sp³-hybridized carbons (Fsp3) is 0.222. The topological polar surface area (TPSA) is 63.7 Å². The maximum Gasteiger partial charge on any atom is 0.343 e. The molecular weight excluding hydrogens is 473 g/mol. The Labute approximate surface area is 207 Å². The molecule has 0 unspecified atom stereocenters. The number of fused-ring (bicyclic) bond motifs is 1. The highest BCUT2D eigenvalue weighted by Crippen LogP contribution is 2.45. The summed E-state index contributed by atoms with van der Waals surface area (Å²) >= 11 is 12.0. The third kappa shape index (κ3) is 4.22. The molecule has 0 aromatic heterocycles. The van der Waals surface area contributed by atoms with Gasteiger partial charge in [0.05, 0.1) is 28.1 Å². The minimum atomic E-state index is -0.647. The van der Waals surface area contributed by atoms with Gasteiger partial charge in [-0.2, -0.15) is 0 Å². The summed E-state index contributed by atoms with van der Waals surface area (Å²) in [6, 6.07) is 21.0. The Morgan fingerprint density at radius 2 is 1.62 bits per heavy atom. The van der Waals surface area contributed by atoms with Crippen LogP contribution in [0.4, 0.5) is 5.69 Å². The predicted molar refractivity (Wildman–Crippen MR) is 130 cm³/mol. The van der Waals surface area contributed by atoms with Gasteiger partial charge in [-0.1, -0.05) is 59.6 Å². The second kappa shape index (κ2) is 9.24. The first-order chi connectivity index (χ1) is 16.4. The van der Waals surface area contributed by atoms with Crippen LogP contribution in [0.1, 0.15) is 41.1 Å². The largest absolute Gasteiger partial charge is 0.421 e. The average Bonchev–Trinajstić information content (AvgIpc) is 3.10. The quantitative estimate of drug-likeness (QED) is 0.243. The first-order valence-electron chi connectivity index (χ1n) is 11.1. The Morgan fingerprint density at radius 3 is 2.38 bits per heavy atom. The normalized spacial score (nSPS) is 21.9. The number of benzene rings is 3. The molecule has 3 aromatic rings. The second-order valence-corrected chi connectivity index (χ2v) is 9.50. The summed E-state index contributed by atoms with van der Waals surface area (Å²) in [5, 5.41) is 0.632. The summed E-state index contributed by atoms with van der Waals surface area (Å²) in [6.07, 6.45) is 2.18. The van der Waals surface area contributed by atoms with Crippen LogP contribution in [-0.2, 0) is 9.59 Å². The van der Waals surface area contributed by atoms with Crippen LogP contribution in [0.15, 0.2) is 72.8 Å². The predicted octanol–water partition coefficient (Wildman–Crippen LogP) is 6.29. The van der Waals surface area contributed by atoms with Gasteiger partial charge in [-0.15, -0.1) is 0 Å². The van der Waals surface area contributed by atoms with Crippen LogP contribution in [-0.4, -0.2) is 17.8 Å². The molecule has 1 saturated heterocycles. The molecular formula is C27H21Cl2NO4. The van der Waals surface area contributed by atoms with E-state index in [1.807, 2.05) is 18.2 Å². The molecule has 0 radical (unpaired) electrons. The average molecular weight is 494 g/mol. The maximum absolute atomic E-state index is 13.3. The van der Waals surface area contributed by atoms with Crippen LogP contribution in [0.2, 0.25) is 10.0 Å². The molecule has 2 fully saturated rings. The van der Waals surface area contributed by atoms with Crippen molar-refractivity contribution in [1.29, 1.82) is 0 Å². The lowest BCUT2D eigenvalue weighted by molar-refractivity contribution is -0.122. The number of halogens is 2. The molecule has 1 saturated carbocycles. The fourth-order valence-corrected chi connectivity index (χ4v) is 5.40. The van der Waals surface area contributed by atoms with Gasteiger partial charge in [-0.05, 0) is 67.1 Å². The standard InChI is InChI=1S/C27H21Cl2NO4/c28-19-10-12-24(23(29)15-19)34-27(33)18-7-4-8-20(13-18)30-25(31)21-11-9-17(14-22(21)26(30)32)16-5-2-1-3-6-16/h1-8,10,12-13,15,17,21-22H,9,11,14H2/t17-,21-,22-/m1/s1. The molecule has 5 rings (SSSR count). The highest BCUT2D eigenvalue weighted by Gasteiger charge is 2.50. The first-order valence-corrected chi connectivity index (χ1v) is 11.9. The van der Waals surface area contributed by atoms with Crippen LogP contribution in [0.25, 0.3) is 0 Å². The van der Waals surface area contributed by atoms with Crippen molar-refractivity contribution in [3.63, 3.8) is 0 Å². The number of esters is 1. The monoisotopic (exact) mass is 493 g/mol. The number of carbonyl (C=O) groups excluding carboxylic acids is 3. The van der Waals surface area contributed by atoms with E-state index >= 15 is 0 Å². The molecule has 34 heavy (non-hydrogen) atoms. The number of amides is 2. The SMILES string of the molecule is O=C(Oc1ccc(Cl)cc1Cl)c1cccc(N2C(=O)[C@@H]3CC[C@@H](c4ccccc4)C[C@H]3C2=O)c1. The Bertz CT molecular complexity index is 1280.